The van der Waals surface area contributed by atoms with Gasteiger partial charge in [-0.2, -0.15) is 9.78 Å². The number of pyridine rings is 1. The lowest BCUT2D eigenvalue weighted by Crippen LogP contribution is -2.11. The van der Waals surface area contributed by atoms with Crippen molar-refractivity contribution in [2.24, 2.45) is 0 Å². The molecule has 3 heterocycles. The number of aromatic nitrogens is 4. The summed E-state index contributed by atoms with van der Waals surface area (Å²) in [5, 5.41) is 6.28. The Balaban J connectivity index is 1.96. The highest BCUT2D eigenvalue weighted by molar-refractivity contribution is 8.01. The minimum Gasteiger partial charge on any atom is -0.464 e. The molecule has 0 N–H and O–H groups in total. The Labute approximate surface area is 212 Å². The van der Waals surface area contributed by atoms with E-state index in [1.807, 2.05) is 57.2 Å². The molecule has 4 aromatic rings. The molecule has 4 rings (SSSR count). The fourth-order valence-corrected chi connectivity index (χ4v) is 6.47. The van der Waals surface area contributed by atoms with Crippen LogP contribution in [-0.2, 0) is 4.74 Å². The number of halogens is 1. The molecule has 0 atom stereocenters. The molecule has 0 radical (unpaired) electrons. The molecule has 0 aliphatic heterocycles. The first kappa shape index (κ1) is 24.4. The van der Waals surface area contributed by atoms with Crippen LogP contribution in [0, 0.1) is 20.8 Å². The number of ether oxygens (including phenoxy) is 1. The second-order valence-corrected chi connectivity index (χ2v) is 11.4. The van der Waals surface area contributed by atoms with Crippen molar-refractivity contribution in [3.8, 4) is 27.5 Å². The van der Waals surface area contributed by atoms with Gasteiger partial charge in [0, 0.05) is 27.8 Å². The summed E-state index contributed by atoms with van der Waals surface area (Å²) in [5.41, 5.74) is 5.99. The molecule has 0 unspecified atom stereocenters. The highest BCUT2D eigenvalue weighted by atomic mass is 35.5. The molecule has 0 bridgehead atoms. The summed E-state index contributed by atoms with van der Waals surface area (Å²) in [6.07, 6.45) is 0. The van der Waals surface area contributed by atoms with Gasteiger partial charge in [-0.15, -0.1) is 11.8 Å². The van der Waals surface area contributed by atoms with Crippen LogP contribution in [0.15, 0.2) is 40.6 Å². The molecule has 0 fully saturated rings. The first-order chi connectivity index (χ1) is 16.2. The van der Waals surface area contributed by atoms with Gasteiger partial charge in [0.05, 0.1) is 27.7 Å². The lowest BCUT2D eigenvalue weighted by atomic mass is 10.0. The van der Waals surface area contributed by atoms with Crippen molar-refractivity contribution in [3.05, 3.63) is 64.2 Å². The molecule has 176 valence electrons. The first-order valence-electron chi connectivity index (χ1n) is 10.8. The standard InChI is InChI=1S/C25H25ClN4O2S2/c1-13(2)33-24-21(18-9-7-8-10-19(18)26)28-25(34-24)30-22(23(31)32-6)20(16(5)29-30)17-11-14(3)27-15(4)12-17/h7-13H,1-6H3. The Hall–Kier alpha value is -2.68. The van der Waals surface area contributed by atoms with Gasteiger partial charge in [0.2, 0.25) is 5.13 Å². The number of hydrogen-bond donors (Lipinski definition) is 0. The second kappa shape index (κ2) is 9.90. The largest absolute Gasteiger partial charge is 0.464 e. The van der Waals surface area contributed by atoms with Gasteiger partial charge in [0.15, 0.2) is 5.69 Å². The molecule has 0 aliphatic carbocycles. The first-order valence-corrected chi connectivity index (χ1v) is 12.8. The summed E-state index contributed by atoms with van der Waals surface area (Å²) >= 11 is 9.71. The fraction of sp³-hybridized carbons (Fsp3) is 0.280. The Bertz CT molecular complexity index is 1360. The maximum atomic E-state index is 13.0. The van der Waals surface area contributed by atoms with E-state index in [0.717, 1.165) is 32.4 Å². The number of esters is 1. The number of thiazole rings is 1. The number of hydrogen-bond acceptors (Lipinski definition) is 7. The average Bonchev–Trinajstić information content (AvgIpc) is 3.33. The minimum absolute atomic E-state index is 0.338. The highest BCUT2D eigenvalue weighted by Gasteiger charge is 2.28. The molecular formula is C25H25ClN4O2S2. The number of aryl methyl sites for hydroxylation is 3. The zero-order valence-electron chi connectivity index (χ0n) is 19.8. The molecule has 9 heteroatoms. The van der Waals surface area contributed by atoms with Gasteiger partial charge in [0.25, 0.3) is 0 Å². The van der Waals surface area contributed by atoms with Gasteiger partial charge in [-0.1, -0.05) is 55.0 Å². The van der Waals surface area contributed by atoms with Crippen LogP contribution < -0.4 is 0 Å². The normalized spacial score (nSPS) is 11.3. The van der Waals surface area contributed by atoms with E-state index in [0.29, 0.717) is 32.4 Å². The topological polar surface area (TPSA) is 69.9 Å². The summed E-state index contributed by atoms with van der Waals surface area (Å²) in [7, 11) is 1.37. The summed E-state index contributed by atoms with van der Waals surface area (Å²) in [6, 6.07) is 11.5. The molecule has 6 nitrogen and oxygen atoms in total. The number of methoxy groups -OCH3 is 1. The quantitative estimate of drug-likeness (QED) is 0.206. The number of carbonyl (C=O) groups is 1. The highest BCUT2D eigenvalue weighted by Crippen LogP contribution is 2.42. The molecule has 34 heavy (non-hydrogen) atoms. The lowest BCUT2D eigenvalue weighted by molar-refractivity contribution is 0.0591. The molecule has 0 spiro atoms. The van der Waals surface area contributed by atoms with Gasteiger partial charge in [0.1, 0.15) is 0 Å². The molecule has 0 aliphatic rings. The summed E-state index contributed by atoms with van der Waals surface area (Å²) in [4.78, 5) is 22.4. The van der Waals surface area contributed by atoms with Crippen LogP contribution >= 0.6 is 34.7 Å². The van der Waals surface area contributed by atoms with E-state index in [2.05, 4.69) is 18.8 Å². The van der Waals surface area contributed by atoms with Crippen LogP contribution in [0.4, 0.5) is 0 Å². The van der Waals surface area contributed by atoms with Gasteiger partial charge < -0.3 is 4.74 Å². The molecular weight excluding hydrogens is 488 g/mol. The summed E-state index contributed by atoms with van der Waals surface area (Å²) < 4.78 is 7.78. The van der Waals surface area contributed by atoms with Gasteiger partial charge in [-0.25, -0.2) is 9.78 Å². The fourth-order valence-electron chi connectivity index (χ4n) is 3.78. The Morgan fingerprint density at radius 2 is 1.79 bits per heavy atom. The van der Waals surface area contributed by atoms with Crippen molar-refractivity contribution >= 4 is 40.7 Å². The van der Waals surface area contributed by atoms with E-state index in [-0.39, 0.29) is 0 Å². The van der Waals surface area contributed by atoms with Gasteiger partial charge >= 0.3 is 5.97 Å². The molecule has 0 saturated heterocycles. The Kier molecular flexibility index (Phi) is 7.12. The van der Waals surface area contributed by atoms with Crippen LogP contribution in [0.5, 0.6) is 0 Å². The van der Waals surface area contributed by atoms with Crippen LogP contribution in [-0.4, -0.2) is 38.1 Å². The zero-order chi connectivity index (χ0) is 24.6. The minimum atomic E-state index is -0.477. The number of thioether (sulfide) groups is 1. The van der Waals surface area contributed by atoms with Crippen molar-refractivity contribution < 1.29 is 9.53 Å². The number of carbonyl (C=O) groups excluding carboxylic acids is 1. The van der Waals surface area contributed by atoms with E-state index in [4.69, 9.17) is 26.4 Å². The van der Waals surface area contributed by atoms with Crippen molar-refractivity contribution in [2.45, 2.75) is 44.1 Å². The monoisotopic (exact) mass is 512 g/mol. The van der Waals surface area contributed by atoms with E-state index in [1.54, 1.807) is 16.4 Å². The SMILES string of the molecule is COC(=O)c1c(-c2cc(C)nc(C)c2)c(C)nn1-c1nc(-c2ccccc2Cl)c(SC(C)C)s1. The number of rotatable bonds is 6. The van der Waals surface area contributed by atoms with Crippen molar-refractivity contribution in [1.29, 1.82) is 0 Å². The lowest BCUT2D eigenvalue weighted by Gasteiger charge is -2.08. The van der Waals surface area contributed by atoms with Crippen LogP contribution in [0.3, 0.4) is 0 Å². The summed E-state index contributed by atoms with van der Waals surface area (Å²) in [6.45, 7) is 10.0. The predicted molar refractivity (Wildman–Crippen MR) is 139 cm³/mol. The predicted octanol–water partition coefficient (Wildman–Crippen LogP) is 6.92. The van der Waals surface area contributed by atoms with E-state index in [9.17, 15) is 4.79 Å². The van der Waals surface area contributed by atoms with Crippen LogP contribution in [0.25, 0.3) is 27.5 Å². The zero-order valence-corrected chi connectivity index (χ0v) is 22.2. The smallest absolute Gasteiger partial charge is 0.357 e. The third-order valence-corrected chi connectivity index (χ3v) is 7.62. The molecule has 3 aromatic heterocycles. The Morgan fingerprint density at radius 1 is 1.12 bits per heavy atom. The Morgan fingerprint density at radius 3 is 2.41 bits per heavy atom. The third kappa shape index (κ3) is 4.76. The van der Waals surface area contributed by atoms with Crippen molar-refractivity contribution in [1.82, 2.24) is 19.7 Å². The van der Waals surface area contributed by atoms with Crippen molar-refractivity contribution in [3.63, 3.8) is 0 Å². The van der Waals surface area contributed by atoms with E-state index >= 15 is 0 Å². The van der Waals surface area contributed by atoms with Gasteiger partial charge in [-0.05, 0) is 44.5 Å². The number of nitrogens with zero attached hydrogens (tertiary/aromatic N) is 4. The van der Waals surface area contributed by atoms with Crippen molar-refractivity contribution in [2.75, 3.05) is 7.11 Å². The van der Waals surface area contributed by atoms with E-state index < -0.39 is 5.97 Å². The van der Waals surface area contributed by atoms with Crippen LogP contribution in [0.2, 0.25) is 5.02 Å². The second-order valence-electron chi connectivity index (χ2n) is 8.13. The molecule has 0 saturated carbocycles. The number of benzene rings is 1. The third-order valence-electron chi connectivity index (χ3n) is 5.05. The van der Waals surface area contributed by atoms with Crippen LogP contribution in [0.1, 0.15) is 41.4 Å². The maximum absolute atomic E-state index is 13.0. The average molecular weight is 513 g/mol. The molecule has 1 aromatic carbocycles. The van der Waals surface area contributed by atoms with E-state index in [1.165, 1.54) is 18.4 Å². The maximum Gasteiger partial charge on any atom is 0.357 e. The molecule has 0 amide bonds. The summed E-state index contributed by atoms with van der Waals surface area (Å²) in [5.74, 6) is -0.477. The van der Waals surface area contributed by atoms with Gasteiger partial charge in [-0.3, -0.25) is 4.98 Å².